The molecule has 0 radical (unpaired) electrons. The van der Waals surface area contributed by atoms with Crippen LogP contribution in [0, 0.1) is 13.8 Å². The van der Waals surface area contributed by atoms with Gasteiger partial charge in [-0.2, -0.15) is 9.36 Å². The number of tetrazole rings is 2. The summed E-state index contributed by atoms with van der Waals surface area (Å²) in [7, 11) is 0. The fraction of sp³-hybridized carbons (Fsp3) is 0.176. The molecule has 130 valence electrons. The van der Waals surface area contributed by atoms with Crippen molar-refractivity contribution in [3.05, 3.63) is 65.5 Å². The van der Waals surface area contributed by atoms with Gasteiger partial charge >= 0.3 is 0 Å². The molecule has 0 aliphatic heterocycles. The number of benzene rings is 2. The van der Waals surface area contributed by atoms with E-state index in [1.165, 1.54) is 17.3 Å². The van der Waals surface area contributed by atoms with Crippen molar-refractivity contribution >= 4 is 11.8 Å². The second-order valence-corrected chi connectivity index (χ2v) is 6.74. The molecule has 4 rings (SSSR count). The average Bonchev–Trinajstić information content (AvgIpc) is 3.30. The molecule has 0 bridgehead atoms. The molecule has 0 amide bonds. The summed E-state index contributed by atoms with van der Waals surface area (Å²) >= 11 is 1.49. The van der Waals surface area contributed by atoms with E-state index in [0.29, 0.717) is 10.9 Å². The van der Waals surface area contributed by atoms with Gasteiger partial charge in [-0.25, -0.2) is 0 Å². The van der Waals surface area contributed by atoms with Gasteiger partial charge in [-0.15, -0.1) is 10.2 Å². The lowest BCUT2D eigenvalue weighted by Crippen LogP contribution is -2.04. The predicted molar refractivity (Wildman–Crippen MR) is 97.3 cm³/mol. The minimum atomic E-state index is 0.549. The summed E-state index contributed by atoms with van der Waals surface area (Å²) in [5, 5.41) is 24.8. The Labute approximate surface area is 154 Å². The van der Waals surface area contributed by atoms with Crippen LogP contribution in [0.3, 0.4) is 0 Å². The molecule has 26 heavy (non-hydrogen) atoms. The number of nitrogens with zero attached hydrogens (tertiary/aromatic N) is 8. The maximum Gasteiger partial charge on any atom is 0.214 e. The van der Waals surface area contributed by atoms with Gasteiger partial charge in [0.1, 0.15) is 0 Å². The van der Waals surface area contributed by atoms with Crippen LogP contribution in [-0.4, -0.2) is 40.4 Å². The van der Waals surface area contributed by atoms with Crippen molar-refractivity contribution < 1.29 is 0 Å². The van der Waals surface area contributed by atoms with E-state index < -0.39 is 0 Å². The Kier molecular flexibility index (Phi) is 4.44. The zero-order valence-electron chi connectivity index (χ0n) is 14.3. The van der Waals surface area contributed by atoms with Gasteiger partial charge in [-0.1, -0.05) is 47.7 Å². The van der Waals surface area contributed by atoms with Gasteiger partial charge in [0.25, 0.3) is 0 Å². The number of para-hydroxylation sites is 1. The molecule has 8 nitrogen and oxygen atoms in total. The van der Waals surface area contributed by atoms with Gasteiger partial charge in [0, 0.05) is 0 Å². The Balaban J connectivity index is 1.58. The maximum atomic E-state index is 4.14. The van der Waals surface area contributed by atoms with E-state index in [-0.39, 0.29) is 0 Å². The lowest BCUT2D eigenvalue weighted by molar-refractivity contribution is 0.750. The number of thioether (sulfide) groups is 1. The van der Waals surface area contributed by atoms with Gasteiger partial charge in [0.15, 0.2) is 5.82 Å². The normalized spacial score (nSPS) is 11.0. The minimum Gasteiger partial charge on any atom is -0.196 e. The van der Waals surface area contributed by atoms with Crippen LogP contribution in [-0.2, 0) is 5.75 Å². The predicted octanol–water partition coefficient (Wildman–Crippen LogP) is 2.55. The number of aryl methyl sites for hydroxylation is 2. The Hall–Kier alpha value is -3.07. The number of hydrogen-bond acceptors (Lipinski definition) is 7. The van der Waals surface area contributed by atoms with Crippen LogP contribution < -0.4 is 0 Å². The van der Waals surface area contributed by atoms with E-state index in [4.69, 9.17) is 0 Å². The van der Waals surface area contributed by atoms with Gasteiger partial charge in [0.05, 0.1) is 17.1 Å². The monoisotopic (exact) mass is 364 g/mol. The van der Waals surface area contributed by atoms with Gasteiger partial charge in [0.2, 0.25) is 5.16 Å². The van der Waals surface area contributed by atoms with Crippen molar-refractivity contribution in [1.29, 1.82) is 0 Å². The molecule has 0 saturated heterocycles. The molecule has 0 aliphatic rings. The molecule has 0 spiro atoms. The topological polar surface area (TPSA) is 87.2 Å². The van der Waals surface area contributed by atoms with Gasteiger partial charge in [-0.3, -0.25) is 0 Å². The Bertz CT molecular complexity index is 1020. The number of rotatable bonds is 5. The summed E-state index contributed by atoms with van der Waals surface area (Å²) in [6.07, 6.45) is 0. The van der Waals surface area contributed by atoms with Crippen LogP contribution in [0.15, 0.2) is 53.7 Å². The quantitative estimate of drug-likeness (QED) is 0.503. The fourth-order valence-corrected chi connectivity index (χ4v) is 3.45. The lowest BCUT2D eigenvalue weighted by Gasteiger charge is -2.08. The Morgan fingerprint density at radius 3 is 2.46 bits per heavy atom. The van der Waals surface area contributed by atoms with E-state index in [0.717, 1.165) is 22.8 Å². The molecule has 0 aliphatic carbocycles. The average molecular weight is 364 g/mol. The van der Waals surface area contributed by atoms with E-state index in [9.17, 15) is 0 Å². The molecule has 0 saturated carbocycles. The molecule has 0 unspecified atom stereocenters. The molecule has 2 aromatic heterocycles. The van der Waals surface area contributed by atoms with Crippen molar-refractivity contribution in [2.75, 3.05) is 0 Å². The van der Waals surface area contributed by atoms with Crippen LogP contribution in [0.2, 0.25) is 0 Å². The molecule has 2 aromatic carbocycles. The number of hydrogen-bond donors (Lipinski definition) is 0. The van der Waals surface area contributed by atoms with Crippen LogP contribution in [0.1, 0.15) is 17.0 Å². The maximum absolute atomic E-state index is 4.14. The van der Waals surface area contributed by atoms with Crippen molar-refractivity contribution in [3.63, 3.8) is 0 Å². The van der Waals surface area contributed by atoms with Crippen LogP contribution >= 0.6 is 11.8 Å². The second kappa shape index (κ2) is 7.04. The SMILES string of the molecule is Cc1ccc(-n2nnnc2SCc2nnnn2-c2ccccc2)c(C)c1. The molecule has 4 aromatic rings. The van der Waals surface area contributed by atoms with Crippen LogP contribution in [0.25, 0.3) is 11.4 Å². The van der Waals surface area contributed by atoms with Crippen molar-refractivity contribution in [2.24, 2.45) is 0 Å². The molecule has 2 heterocycles. The van der Waals surface area contributed by atoms with E-state index >= 15 is 0 Å². The zero-order valence-corrected chi connectivity index (χ0v) is 15.1. The molecular formula is C17H16N8S. The third kappa shape index (κ3) is 3.21. The number of aromatic nitrogens is 8. The summed E-state index contributed by atoms with van der Waals surface area (Å²) < 4.78 is 3.47. The molecule has 0 atom stereocenters. The highest BCUT2D eigenvalue weighted by atomic mass is 32.2. The molecule has 0 N–H and O–H groups in total. The summed E-state index contributed by atoms with van der Waals surface area (Å²) in [6, 6.07) is 16.0. The first kappa shape index (κ1) is 16.4. The molecular weight excluding hydrogens is 348 g/mol. The minimum absolute atomic E-state index is 0.549. The lowest BCUT2D eigenvalue weighted by atomic mass is 10.1. The highest BCUT2D eigenvalue weighted by Gasteiger charge is 2.14. The van der Waals surface area contributed by atoms with E-state index in [1.807, 2.05) is 36.4 Å². The van der Waals surface area contributed by atoms with Gasteiger partial charge < -0.3 is 0 Å². The molecule has 9 heteroatoms. The van der Waals surface area contributed by atoms with Crippen LogP contribution in [0.5, 0.6) is 0 Å². The highest BCUT2D eigenvalue weighted by molar-refractivity contribution is 7.98. The summed E-state index contributed by atoms with van der Waals surface area (Å²) in [5.74, 6) is 1.28. The van der Waals surface area contributed by atoms with E-state index in [2.05, 4.69) is 57.0 Å². The van der Waals surface area contributed by atoms with Crippen molar-refractivity contribution in [2.45, 2.75) is 24.8 Å². The van der Waals surface area contributed by atoms with Crippen molar-refractivity contribution in [1.82, 2.24) is 40.4 Å². The first-order valence-corrected chi connectivity index (χ1v) is 9.02. The summed E-state index contributed by atoms with van der Waals surface area (Å²) in [6.45, 7) is 4.11. The van der Waals surface area contributed by atoms with Crippen molar-refractivity contribution in [3.8, 4) is 11.4 Å². The van der Waals surface area contributed by atoms with Gasteiger partial charge in [-0.05, 0) is 58.5 Å². The third-order valence-electron chi connectivity index (χ3n) is 3.89. The van der Waals surface area contributed by atoms with E-state index in [1.54, 1.807) is 9.36 Å². The largest absolute Gasteiger partial charge is 0.214 e. The molecule has 0 fully saturated rings. The fourth-order valence-electron chi connectivity index (χ4n) is 2.66. The summed E-state index contributed by atoms with van der Waals surface area (Å²) in [4.78, 5) is 0. The van der Waals surface area contributed by atoms with Crippen LogP contribution in [0.4, 0.5) is 0 Å². The summed E-state index contributed by atoms with van der Waals surface area (Å²) in [5.41, 5.74) is 4.21. The first-order chi connectivity index (χ1) is 12.7. The Morgan fingerprint density at radius 1 is 0.885 bits per heavy atom. The second-order valence-electron chi connectivity index (χ2n) is 5.79. The Morgan fingerprint density at radius 2 is 1.65 bits per heavy atom. The standard InChI is InChI=1S/C17H16N8S/c1-12-8-9-15(13(2)10-12)25-17(19-21-23-25)26-11-16-18-20-22-24(16)14-6-4-3-5-7-14/h3-10H,11H2,1-2H3. The smallest absolute Gasteiger partial charge is 0.196 e. The first-order valence-electron chi connectivity index (χ1n) is 8.04. The zero-order chi connectivity index (χ0) is 17.9. The third-order valence-corrected chi connectivity index (χ3v) is 4.80. The highest BCUT2D eigenvalue weighted by Crippen LogP contribution is 2.24.